The van der Waals surface area contributed by atoms with Crippen molar-refractivity contribution in [2.75, 3.05) is 20.2 Å². The summed E-state index contributed by atoms with van der Waals surface area (Å²) in [6.07, 6.45) is 1.37. The number of rotatable bonds is 7. The van der Waals surface area contributed by atoms with Crippen LogP contribution >= 0.6 is 0 Å². The van der Waals surface area contributed by atoms with Gasteiger partial charge >= 0.3 is 0 Å². The predicted molar refractivity (Wildman–Crippen MR) is 101 cm³/mol. The molecule has 2 aromatic carbocycles. The zero-order valence-corrected chi connectivity index (χ0v) is 15.1. The molecule has 0 unspecified atom stereocenters. The number of likely N-dealkylation sites (tertiary alicyclic amines) is 1. The highest BCUT2D eigenvalue weighted by molar-refractivity contribution is 5.81. The Morgan fingerprint density at radius 2 is 1.85 bits per heavy atom. The first-order valence-corrected chi connectivity index (χ1v) is 9.05. The summed E-state index contributed by atoms with van der Waals surface area (Å²) in [6, 6.07) is 15.1. The Morgan fingerprint density at radius 3 is 2.54 bits per heavy atom. The van der Waals surface area contributed by atoms with Gasteiger partial charge in [-0.05, 0) is 54.8 Å². The summed E-state index contributed by atoms with van der Waals surface area (Å²) in [5.74, 6) is 0.288. The number of benzene rings is 2. The number of ether oxygens (including phenoxy) is 1. The predicted octanol–water partition coefficient (Wildman–Crippen LogP) is 2.64. The summed E-state index contributed by atoms with van der Waals surface area (Å²) < 4.78 is 5.09. The van der Waals surface area contributed by atoms with E-state index >= 15 is 0 Å². The van der Waals surface area contributed by atoms with E-state index in [1.807, 2.05) is 12.1 Å². The van der Waals surface area contributed by atoms with Gasteiger partial charge in [-0.1, -0.05) is 36.4 Å². The topological polar surface area (TPSA) is 61.8 Å². The van der Waals surface area contributed by atoms with E-state index in [-0.39, 0.29) is 0 Å². The average Bonchev–Trinajstić information content (AvgIpc) is 3.19. The first-order chi connectivity index (χ1) is 12.7. The molecule has 5 nitrogen and oxygen atoms in total. The summed E-state index contributed by atoms with van der Waals surface area (Å²) in [5, 5.41) is 13.0. The van der Waals surface area contributed by atoms with E-state index in [1.165, 1.54) is 18.4 Å². The van der Waals surface area contributed by atoms with Gasteiger partial charge in [0.1, 0.15) is 5.75 Å². The fraction of sp³-hybridized carbons (Fsp3) is 0.381. The molecule has 1 atom stereocenters. The number of hydrogen-bond donors (Lipinski definition) is 2. The van der Waals surface area contributed by atoms with E-state index in [1.54, 1.807) is 31.4 Å². The Hall–Kier alpha value is -2.37. The lowest BCUT2D eigenvalue weighted by atomic mass is 10.1. The van der Waals surface area contributed by atoms with Gasteiger partial charge in [0.15, 0.2) is 6.10 Å². The second kappa shape index (κ2) is 8.83. The molecule has 2 N–H and O–H groups in total. The highest BCUT2D eigenvalue weighted by Gasteiger charge is 2.17. The van der Waals surface area contributed by atoms with Crippen LogP contribution < -0.4 is 10.1 Å². The number of nitrogens with one attached hydrogen (secondary N) is 1. The fourth-order valence-electron chi connectivity index (χ4n) is 3.26. The standard InChI is InChI=1S/C21H26N2O3/c1-26-19-9-7-18(8-10-19)20(24)21(25)22-14-16-5-4-6-17(13-16)15-23-11-2-3-12-23/h4-10,13,20,24H,2-3,11-12,14-15H2,1H3,(H,22,25)/t20-/m0/s1. The highest BCUT2D eigenvalue weighted by Crippen LogP contribution is 2.18. The summed E-state index contributed by atoms with van der Waals surface area (Å²) in [6.45, 7) is 3.68. The Labute approximate surface area is 154 Å². The number of methoxy groups -OCH3 is 1. The van der Waals surface area contributed by atoms with Gasteiger partial charge in [0.05, 0.1) is 7.11 Å². The van der Waals surface area contributed by atoms with Crippen molar-refractivity contribution >= 4 is 5.91 Å². The van der Waals surface area contributed by atoms with Gasteiger partial charge in [-0.15, -0.1) is 0 Å². The molecule has 1 aliphatic rings. The summed E-state index contributed by atoms with van der Waals surface area (Å²) in [4.78, 5) is 14.7. The molecule has 0 spiro atoms. The van der Waals surface area contributed by atoms with Crippen molar-refractivity contribution in [2.45, 2.75) is 32.0 Å². The molecule has 0 radical (unpaired) electrons. The Morgan fingerprint density at radius 1 is 1.15 bits per heavy atom. The molecular weight excluding hydrogens is 328 g/mol. The van der Waals surface area contributed by atoms with Crippen molar-refractivity contribution in [1.82, 2.24) is 10.2 Å². The highest BCUT2D eigenvalue weighted by atomic mass is 16.5. The van der Waals surface area contributed by atoms with Crippen LogP contribution in [0.3, 0.4) is 0 Å². The van der Waals surface area contributed by atoms with Gasteiger partial charge in [0.2, 0.25) is 0 Å². The average molecular weight is 354 g/mol. The smallest absolute Gasteiger partial charge is 0.253 e. The Balaban J connectivity index is 1.54. The fourth-order valence-corrected chi connectivity index (χ4v) is 3.26. The van der Waals surface area contributed by atoms with Crippen molar-refractivity contribution in [3.05, 3.63) is 65.2 Å². The van der Waals surface area contributed by atoms with E-state index in [0.29, 0.717) is 17.9 Å². The number of nitrogens with zero attached hydrogens (tertiary/aromatic N) is 1. The SMILES string of the molecule is COc1ccc([C@H](O)C(=O)NCc2cccc(CN3CCCC3)c2)cc1. The second-order valence-electron chi connectivity index (χ2n) is 6.70. The molecule has 2 aromatic rings. The van der Waals surface area contributed by atoms with Gasteiger partial charge in [-0.25, -0.2) is 0 Å². The lowest BCUT2D eigenvalue weighted by molar-refractivity contribution is -0.129. The van der Waals surface area contributed by atoms with Crippen LogP contribution in [-0.4, -0.2) is 36.1 Å². The molecule has 1 aliphatic heterocycles. The zero-order valence-electron chi connectivity index (χ0n) is 15.1. The summed E-state index contributed by atoms with van der Waals surface area (Å²) in [5.41, 5.74) is 2.84. The third-order valence-corrected chi connectivity index (χ3v) is 4.74. The molecule has 1 heterocycles. The molecule has 1 amide bonds. The Bertz CT molecular complexity index is 724. The molecule has 1 fully saturated rings. The van der Waals surface area contributed by atoms with E-state index in [0.717, 1.165) is 25.2 Å². The molecule has 0 bridgehead atoms. The molecule has 26 heavy (non-hydrogen) atoms. The van der Waals surface area contributed by atoms with Crippen LogP contribution in [0.15, 0.2) is 48.5 Å². The van der Waals surface area contributed by atoms with Crippen LogP contribution in [0.25, 0.3) is 0 Å². The van der Waals surface area contributed by atoms with Crippen LogP contribution in [0.5, 0.6) is 5.75 Å². The minimum absolute atomic E-state index is 0.403. The van der Waals surface area contributed by atoms with Gasteiger partial charge in [-0.3, -0.25) is 9.69 Å². The first kappa shape index (κ1) is 18.4. The largest absolute Gasteiger partial charge is 0.497 e. The van der Waals surface area contributed by atoms with Gasteiger partial charge in [0.25, 0.3) is 5.91 Å². The Kier molecular flexibility index (Phi) is 6.26. The van der Waals surface area contributed by atoms with Crippen molar-refractivity contribution < 1.29 is 14.6 Å². The molecule has 0 saturated carbocycles. The van der Waals surface area contributed by atoms with Crippen LogP contribution in [-0.2, 0) is 17.9 Å². The molecular formula is C21H26N2O3. The maximum Gasteiger partial charge on any atom is 0.253 e. The molecule has 5 heteroatoms. The van der Waals surface area contributed by atoms with Crippen molar-refractivity contribution in [3.8, 4) is 5.75 Å². The number of aliphatic hydroxyl groups excluding tert-OH is 1. The first-order valence-electron chi connectivity index (χ1n) is 9.05. The maximum absolute atomic E-state index is 12.2. The summed E-state index contributed by atoms with van der Waals surface area (Å²) >= 11 is 0. The monoisotopic (exact) mass is 354 g/mol. The third kappa shape index (κ3) is 4.84. The maximum atomic E-state index is 12.2. The molecule has 138 valence electrons. The minimum atomic E-state index is -1.19. The molecule has 0 aliphatic carbocycles. The van der Waals surface area contributed by atoms with Crippen molar-refractivity contribution in [2.24, 2.45) is 0 Å². The van der Waals surface area contributed by atoms with E-state index in [4.69, 9.17) is 4.74 Å². The minimum Gasteiger partial charge on any atom is -0.497 e. The molecule has 3 rings (SSSR count). The van der Waals surface area contributed by atoms with Crippen molar-refractivity contribution in [1.29, 1.82) is 0 Å². The zero-order chi connectivity index (χ0) is 18.4. The lowest BCUT2D eigenvalue weighted by Gasteiger charge is -2.16. The number of carbonyl (C=O) groups is 1. The number of carbonyl (C=O) groups excluding carboxylic acids is 1. The van der Waals surface area contributed by atoms with Crippen LogP contribution in [0.2, 0.25) is 0 Å². The van der Waals surface area contributed by atoms with E-state index < -0.39 is 12.0 Å². The van der Waals surface area contributed by atoms with E-state index in [9.17, 15) is 9.90 Å². The van der Waals surface area contributed by atoms with Crippen LogP contribution in [0.4, 0.5) is 0 Å². The second-order valence-corrected chi connectivity index (χ2v) is 6.70. The molecule has 1 saturated heterocycles. The summed E-state index contributed by atoms with van der Waals surface area (Å²) in [7, 11) is 1.58. The van der Waals surface area contributed by atoms with E-state index in [2.05, 4.69) is 22.3 Å². The van der Waals surface area contributed by atoms with Crippen molar-refractivity contribution in [3.63, 3.8) is 0 Å². The normalized spacial score (nSPS) is 15.6. The number of amides is 1. The van der Waals surface area contributed by atoms with Gasteiger partial charge in [0, 0.05) is 13.1 Å². The van der Waals surface area contributed by atoms with Gasteiger partial charge < -0.3 is 15.2 Å². The third-order valence-electron chi connectivity index (χ3n) is 4.74. The van der Waals surface area contributed by atoms with Crippen LogP contribution in [0.1, 0.15) is 35.6 Å². The number of hydrogen-bond acceptors (Lipinski definition) is 4. The lowest BCUT2D eigenvalue weighted by Crippen LogP contribution is -2.28. The molecule has 0 aromatic heterocycles. The van der Waals surface area contributed by atoms with Crippen LogP contribution in [0, 0.1) is 0 Å². The van der Waals surface area contributed by atoms with Gasteiger partial charge in [-0.2, -0.15) is 0 Å². The number of aliphatic hydroxyl groups is 1. The quantitative estimate of drug-likeness (QED) is 0.802.